The molecule has 0 saturated carbocycles. The van der Waals surface area contributed by atoms with Crippen LogP contribution in [0.1, 0.15) is 25.0 Å². The summed E-state index contributed by atoms with van der Waals surface area (Å²) in [5, 5.41) is 5.18. The van der Waals surface area contributed by atoms with Crippen LogP contribution >= 0.6 is 0 Å². The van der Waals surface area contributed by atoms with Crippen molar-refractivity contribution in [3.05, 3.63) is 187 Å². The first-order valence-electron chi connectivity index (χ1n) is 16.8. The molecule has 8 aromatic carbocycles. The fourth-order valence-electron chi connectivity index (χ4n) is 7.75. The summed E-state index contributed by atoms with van der Waals surface area (Å²) < 4.78 is 0. The molecule has 1 heteroatoms. The van der Waals surface area contributed by atoms with Gasteiger partial charge in [0, 0.05) is 22.4 Å². The first-order valence-corrected chi connectivity index (χ1v) is 16.8. The van der Waals surface area contributed by atoms with E-state index in [0.29, 0.717) is 0 Å². The lowest BCUT2D eigenvalue weighted by Gasteiger charge is -2.29. The van der Waals surface area contributed by atoms with Gasteiger partial charge in [0.15, 0.2) is 0 Å². The highest BCUT2D eigenvalue weighted by Crippen LogP contribution is 2.55. The Balaban J connectivity index is 1.25. The molecule has 1 aliphatic rings. The van der Waals surface area contributed by atoms with Crippen LogP contribution in [0.4, 0.5) is 17.1 Å². The molecule has 0 N–H and O–H groups in total. The molecule has 0 spiro atoms. The van der Waals surface area contributed by atoms with Gasteiger partial charge >= 0.3 is 0 Å². The van der Waals surface area contributed by atoms with Gasteiger partial charge in [0.05, 0.1) is 5.69 Å². The summed E-state index contributed by atoms with van der Waals surface area (Å²) >= 11 is 0. The zero-order valence-electron chi connectivity index (χ0n) is 27.2. The summed E-state index contributed by atoms with van der Waals surface area (Å²) in [6.07, 6.45) is 0. The number of hydrogen-bond donors (Lipinski definition) is 0. The van der Waals surface area contributed by atoms with Gasteiger partial charge in [-0.15, -0.1) is 0 Å². The standard InChI is InChI=1S/C47H35N/c1-47(2)43-18-11-19-45(46(43)42-30-37-21-20-36-16-9-10-17-40(36)41(37)31-44(42)47)48(38-26-22-34(23-27-38)32-12-5-3-6-13-32)39-28-24-35(25-29-39)33-14-7-4-8-15-33/h3-31H,1-2H3. The van der Waals surface area contributed by atoms with Crippen molar-refractivity contribution in [1.29, 1.82) is 0 Å². The fourth-order valence-corrected chi connectivity index (χ4v) is 7.75. The van der Waals surface area contributed by atoms with E-state index in [1.165, 1.54) is 71.7 Å². The maximum atomic E-state index is 2.46. The Kier molecular flexibility index (Phi) is 6.55. The first kappa shape index (κ1) is 28.3. The van der Waals surface area contributed by atoms with Crippen molar-refractivity contribution in [2.24, 2.45) is 0 Å². The van der Waals surface area contributed by atoms with Crippen LogP contribution < -0.4 is 4.90 Å². The van der Waals surface area contributed by atoms with Crippen LogP contribution in [0.3, 0.4) is 0 Å². The minimum atomic E-state index is -0.147. The molecule has 0 aromatic heterocycles. The molecular weight excluding hydrogens is 579 g/mol. The second-order valence-corrected chi connectivity index (χ2v) is 13.4. The minimum Gasteiger partial charge on any atom is -0.310 e. The molecule has 228 valence electrons. The molecule has 0 unspecified atom stereocenters. The average molecular weight is 614 g/mol. The van der Waals surface area contributed by atoms with Gasteiger partial charge in [0.2, 0.25) is 0 Å². The van der Waals surface area contributed by atoms with E-state index in [4.69, 9.17) is 0 Å². The quantitative estimate of drug-likeness (QED) is 0.175. The first-order chi connectivity index (χ1) is 23.6. The Labute approximate surface area is 282 Å². The van der Waals surface area contributed by atoms with Crippen LogP contribution in [0, 0.1) is 0 Å². The van der Waals surface area contributed by atoms with E-state index < -0.39 is 0 Å². The highest BCUT2D eigenvalue weighted by molar-refractivity contribution is 6.10. The normalized spacial score (nSPS) is 13.0. The van der Waals surface area contributed by atoms with E-state index in [0.717, 1.165) is 11.4 Å². The predicted octanol–water partition coefficient (Wildman–Crippen LogP) is 13.1. The largest absolute Gasteiger partial charge is 0.310 e. The van der Waals surface area contributed by atoms with Gasteiger partial charge in [-0.2, -0.15) is 0 Å². The maximum Gasteiger partial charge on any atom is 0.0543 e. The lowest BCUT2D eigenvalue weighted by Crippen LogP contribution is -2.16. The van der Waals surface area contributed by atoms with Crippen molar-refractivity contribution in [1.82, 2.24) is 0 Å². The zero-order chi connectivity index (χ0) is 32.2. The van der Waals surface area contributed by atoms with Crippen LogP contribution in [0.15, 0.2) is 176 Å². The summed E-state index contributed by atoms with van der Waals surface area (Å²) in [7, 11) is 0. The van der Waals surface area contributed by atoms with Crippen molar-refractivity contribution in [3.63, 3.8) is 0 Å². The SMILES string of the molecule is CC1(C)c2cc3c(ccc4ccccc43)cc2-c2c(N(c3ccc(-c4ccccc4)cc3)c3ccc(-c4ccccc4)cc3)cccc21. The van der Waals surface area contributed by atoms with E-state index in [-0.39, 0.29) is 5.41 Å². The maximum absolute atomic E-state index is 2.46. The highest BCUT2D eigenvalue weighted by atomic mass is 15.1. The Morgan fingerprint density at radius 1 is 0.396 bits per heavy atom. The van der Waals surface area contributed by atoms with Gasteiger partial charge in [0.25, 0.3) is 0 Å². The fraction of sp³-hybridized carbons (Fsp3) is 0.0638. The van der Waals surface area contributed by atoms with Gasteiger partial charge in [-0.3, -0.25) is 0 Å². The third kappa shape index (κ3) is 4.54. The van der Waals surface area contributed by atoms with Gasteiger partial charge in [-0.1, -0.05) is 147 Å². The smallest absolute Gasteiger partial charge is 0.0543 e. The molecule has 48 heavy (non-hydrogen) atoms. The molecule has 0 bridgehead atoms. The third-order valence-corrected chi connectivity index (χ3v) is 10.2. The summed E-state index contributed by atoms with van der Waals surface area (Å²) in [5.74, 6) is 0. The molecule has 0 aliphatic heterocycles. The van der Waals surface area contributed by atoms with Crippen LogP contribution in [-0.4, -0.2) is 0 Å². The van der Waals surface area contributed by atoms with Crippen LogP contribution in [0.25, 0.3) is 54.9 Å². The molecule has 9 rings (SSSR count). The molecular formula is C47H35N. The summed E-state index contributed by atoms with van der Waals surface area (Å²) in [6, 6.07) is 64.3. The van der Waals surface area contributed by atoms with Crippen molar-refractivity contribution in [3.8, 4) is 33.4 Å². The van der Waals surface area contributed by atoms with E-state index in [1.807, 2.05) is 0 Å². The number of nitrogens with zero attached hydrogens (tertiary/aromatic N) is 1. The molecule has 0 radical (unpaired) electrons. The summed E-state index contributed by atoms with van der Waals surface area (Å²) in [4.78, 5) is 2.44. The monoisotopic (exact) mass is 613 g/mol. The van der Waals surface area contributed by atoms with Crippen molar-refractivity contribution >= 4 is 38.6 Å². The highest BCUT2D eigenvalue weighted by Gasteiger charge is 2.38. The van der Waals surface area contributed by atoms with Crippen LogP contribution in [0.2, 0.25) is 0 Å². The lowest BCUT2D eigenvalue weighted by atomic mass is 9.81. The Hall–Kier alpha value is -5.92. The number of hydrogen-bond acceptors (Lipinski definition) is 1. The topological polar surface area (TPSA) is 3.24 Å². The summed E-state index contributed by atoms with van der Waals surface area (Å²) in [6.45, 7) is 4.76. The Bertz CT molecular complexity index is 2360. The Morgan fingerprint density at radius 2 is 0.938 bits per heavy atom. The van der Waals surface area contributed by atoms with Gasteiger partial charge in [-0.05, 0) is 103 Å². The lowest BCUT2D eigenvalue weighted by molar-refractivity contribution is 0.661. The van der Waals surface area contributed by atoms with Gasteiger partial charge in [0.1, 0.15) is 0 Å². The van der Waals surface area contributed by atoms with Crippen LogP contribution in [0.5, 0.6) is 0 Å². The van der Waals surface area contributed by atoms with Gasteiger partial charge < -0.3 is 4.90 Å². The van der Waals surface area contributed by atoms with Crippen molar-refractivity contribution < 1.29 is 0 Å². The average Bonchev–Trinajstić information content (AvgIpc) is 3.38. The number of rotatable bonds is 5. The van der Waals surface area contributed by atoms with E-state index >= 15 is 0 Å². The molecule has 0 heterocycles. The predicted molar refractivity (Wildman–Crippen MR) is 205 cm³/mol. The van der Waals surface area contributed by atoms with Crippen molar-refractivity contribution in [2.75, 3.05) is 4.90 Å². The molecule has 0 saturated heterocycles. The van der Waals surface area contributed by atoms with E-state index in [9.17, 15) is 0 Å². The molecule has 0 atom stereocenters. The van der Waals surface area contributed by atoms with E-state index in [1.54, 1.807) is 0 Å². The number of fused-ring (bicyclic) bond motifs is 6. The third-order valence-electron chi connectivity index (χ3n) is 10.2. The zero-order valence-corrected chi connectivity index (χ0v) is 27.2. The molecule has 0 fully saturated rings. The molecule has 1 nitrogen and oxygen atoms in total. The number of anilines is 3. The number of benzene rings is 8. The summed E-state index contributed by atoms with van der Waals surface area (Å²) in [5.41, 5.74) is 13.6. The molecule has 0 amide bonds. The minimum absolute atomic E-state index is 0.147. The second kappa shape index (κ2) is 11.1. The van der Waals surface area contributed by atoms with Crippen molar-refractivity contribution in [2.45, 2.75) is 19.3 Å². The molecule has 8 aromatic rings. The Morgan fingerprint density at radius 3 is 1.56 bits per heavy atom. The van der Waals surface area contributed by atoms with Gasteiger partial charge in [-0.25, -0.2) is 0 Å². The second-order valence-electron chi connectivity index (χ2n) is 13.4. The van der Waals surface area contributed by atoms with E-state index in [2.05, 4.69) is 195 Å². The molecule has 1 aliphatic carbocycles. The van der Waals surface area contributed by atoms with Crippen LogP contribution in [-0.2, 0) is 5.41 Å².